The van der Waals surface area contributed by atoms with Crippen molar-refractivity contribution >= 4 is 0 Å². The molecule has 0 saturated carbocycles. The largest absolute Gasteiger partial charge is 0.490 e. The van der Waals surface area contributed by atoms with Crippen LogP contribution in [0.4, 0.5) is 0 Å². The van der Waals surface area contributed by atoms with Crippen molar-refractivity contribution in [2.24, 2.45) is 5.73 Å². The van der Waals surface area contributed by atoms with Gasteiger partial charge in [0.15, 0.2) is 11.5 Å². The van der Waals surface area contributed by atoms with Crippen LogP contribution in [0.1, 0.15) is 36.4 Å². The highest BCUT2D eigenvalue weighted by atomic mass is 16.5. The first-order chi connectivity index (χ1) is 10.3. The standard InChI is InChI=1S/C18H21NO2/c1-13(14-6-3-2-4-7-14)18(19)15-8-9-16-17(12-15)21-11-5-10-20-16/h2-4,6-9,12-13,18H,5,10-11,19H2,1H3. The molecule has 1 aliphatic heterocycles. The Morgan fingerprint density at radius 1 is 0.905 bits per heavy atom. The third kappa shape index (κ3) is 3.03. The number of ether oxygens (including phenoxy) is 2. The molecule has 2 aromatic carbocycles. The van der Waals surface area contributed by atoms with Crippen LogP contribution in [0.5, 0.6) is 11.5 Å². The number of hydrogen-bond donors (Lipinski definition) is 1. The van der Waals surface area contributed by atoms with Crippen LogP contribution >= 0.6 is 0 Å². The summed E-state index contributed by atoms with van der Waals surface area (Å²) >= 11 is 0. The Labute approximate surface area is 125 Å². The molecule has 0 saturated heterocycles. The van der Waals surface area contributed by atoms with Crippen molar-refractivity contribution < 1.29 is 9.47 Å². The zero-order valence-corrected chi connectivity index (χ0v) is 12.3. The molecule has 1 heterocycles. The van der Waals surface area contributed by atoms with Gasteiger partial charge in [0.2, 0.25) is 0 Å². The molecule has 2 unspecified atom stereocenters. The fourth-order valence-electron chi connectivity index (χ4n) is 2.64. The predicted octanol–water partition coefficient (Wildman–Crippen LogP) is 3.65. The number of rotatable bonds is 3. The minimum absolute atomic E-state index is 0.0652. The second kappa shape index (κ2) is 6.19. The van der Waals surface area contributed by atoms with E-state index in [1.54, 1.807) is 0 Å². The minimum atomic E-state index is -0.0652. The zero-order chi connectivity index (χ0) is 14.7. The Bertz CT molecular complexity index is 597. The van der Waals surface area contributed by atoms with Gasteiger partial charge < -0.3 is 15.2 Å². The summed E-state index contributed by atoms with van der Waals surface area (Å²) in [5.41, 5.74) is 8.77. The summed E-state index contributed by atoms with van der Waals surface area (Å²) in [6.45, 7) is 3.56. The van der Waals surface area contributed by atoms with E-state index in [-0.39, 0.29) is 12.0 Å². The molecule has 1 aliphatic rings. The number of benzene rings is 2. The van der Waals surface area contributed by atoms with Crippen LogP contribution in [-0.2, 0) is 0 Å². The molecular formula is C18H21NO2. The molecule has 0 spiro atoms. The van der Waals surface area contributed by atoms with E-state index in [0.29, 0.717) is 13.2 Å². The van der Waals surface area contributed by atoms with Gasteiger partial charge in [0.25, 0.3) is 0 Å². The van der Waals surface area contributed by atoms with E-state index in [2.05, 4.69) is 19.1 Å². The van der Waals surface area contributed by atoms with E-state index in [1.807, 2.05) is 36.4 Å². The minimum Gasteiger partial charge on any atom is -0.490 e. The first kappa shape index (κ1) is 14.0. The van der Waals surface area contributed by atoms with E-state index in [1.165, 1.54) is 5.56 Å². The van der Waals surface area contributed by atoms with Crippen LogP contribution in [0.3, 0.4) is 0 Å². The molecule has 0 aliphatic carbocycles. The third-order valence-electron chi connectivity index (χ3n) is 4.02. The van der Waals surface area contributed by atoms with Crippen LogP contribution in [0, 0.1) is 0 Å². The fraction of sp³-hybridized carbons (Fsp3) is 0.333. The number of hydrogen-bond acceptors (Lipinski definition) is 3. The summed E-state index contributed by atoms with van der Waals surface area (Å²) in [4.78, 5) is 0. The molecule has 3 heteroatoms. The molecular weight excluding hydrogens is 262 g/mol. The summed E-state index contributed by atoms with van der Waals surface area (Å²) in [6.07, 6.45) is 0.913. The van der Waals surface area contributed by atoms with Gasteiger partial charge >= 0.3 is 0 Å². The Balaban J connectivity index is 1.84. The predicted molar refractivity (Wildman–Crippen MR) is 83.8 cm³/mol. The Morgan fingerprint density at radius 2 is 1.62 bits per heavy atom. The Kier molecular flexibility index (Phi) is 4.11. The molecule has 0 amide bonds. The molecule has 3 rings (SSSR count). The first-order valence-electron chi connectivity index (χ1n) is 7.46. The van der Waals surface area contributed by atoms with Crippen molar-refractivity contribution in [3.05, 3.63) is 59.7 Å². The number of fused-ring (bicyclic) bond motifs is 1. The van der Waals surface area contributed by atoms with Crippen molar-refractivity contribution in [2.75, 3.05) is 13.2 Å². The highest BCUT2D eigenvalue weighted by Gasteiger charge is 2.19. The quantitative estimate of drug-likeness (QED) is 0.935. The molecule has 0 radical (unpaired) electrons. The van der Waals surface area contributed by atoms with Crippen LogP contribution in [-0.4, -0.2) is 13.2 Å². The monoisotopic (exact) mass is 283 g/mol. The average molecular weight is 283 g/mol. The maximum Gasteiger partial charge on any atom is 0.161 e. The molecule has 0 fully saturated rings. The van der Waals surface area contributed by atoms with E-state index in [0.717, 1.165) is 23.5 Å². The topological polar surface area (TPSA) is 44.5 Å². The first-order valence-corrected chi connectivity index (χ1v) is 7.46. The highest BCUT2D eigenvalue weighted by molar-refractivity contribution is 5.45. The van der Waals surface area contributed by atoms with E-state index in [4.69, 9.17) is 15.2 Å². The van der Waals surface area contributed by atoms with Gasteiger partial charge in [0.05, 0.1) is 13.2 Å². The Hall–Kier alpha value is -2.00. The van der Waals surface area contributed by atoms with Gasteiger partial charge in [-0.2, -0.15) is 0 Å². The van der Waals surface area contributed by atoms with Gasteiger partial charge in [-0.1, -0.05) is 43.3 Å². The van der Waals surface area contributed by atoms with Crippen LogP contribution in [0.25, 0.3) is 0 Å². The van der Waals surface area contributed by atoms with Crippen LogP contribution in [0.2, 0.25) is 0 Å². The van der Waals surface area contributed by atoms with Gasteiger partial charge in [-0.05, 0) is 23.3 Å². The third-order valence-corrected chi connectivity index (χ3v) is 4.02. The molecule has 0 aromatic heterocycles. The highest BCUT2D eigenvalue weighted by Crippen LogP contribution is 2.35. The second-order valence-corrected chi connectivity index (χ2v) is 5.48. The lowest BCUT2D eigenvalue weighted by molar-refractivity contribution is 0.297. The lowest BCUT2D eigenvalue weighted by Gasteiger charge is -2.21. The van der Waals surface area contributed by atoms with Gasteiger partial charge in [-0.3, -0.25) is 0 Å². The van der Waals surface area contributed by atoms with E-state index >= 15 is 0 Å². The van der Waals surface area contributed by atoms with Crippen LogP contribution < -0.4 is 15.2 Å². The van der Waals surface area contributed by atoms with Crippen molar-refractivity contribution in [1.29, 1.82) is 0 Å². The summed E-state index contributed by atoms with van der Waals surface area (Å²) in [6, 6.07) is 16.3. The van der Waals surface area contributed by atoms with Gasteiger partial charge in [-0.25, -0.2) is 0 Å². The normalized spacial score (nSPS) is 16.9. The van der Waals surface area contributed by atoms with Gasteiger partial charge in [0, 0.05) is 18.4 Å². The summed E-state index contributed by atoms with van der Waals surface area (Å²) in [7, 11) is 0. The van der Waals surface area contributed by atoms with Gasteiger partial charge in [-0.15, -0.1) is 0 Å². The molecule has 110 valence electrons. The molecule has 21 heavy (non-hydrogen) atoms. The molecule has 2 atom stereocenters. The SMILES string of the molecule is CC(c1ccccc1)C(N)c1ccc2c(c1)OCCCO2. The van der Waals surface area contributed by atoms with Crippen molar-refractivity contribution in [3.8, 4) is 11.5 Å². The molecule has 2 aromatic rings. The van der Waals surface area contributed by atoms with E-state index < -0.39 is 0 Å². The fourth-order valence-corrected chi connectivity index (χ4v) is 2.64. The average Bonchev–Trinajstić information content (AvgIpc) is 2.79. The Morgan fingerprint density at radius 3 is 2.38 bits per heavy atom. The lowest BCUT2D eigenvalue weighted by Crippen LogP contribution is -2.17. The summed E-state index contributed by atoms with van der Waals surface area (Å²) in [5, 5.41) is 0. The van der Waals surface area contributed by atoms with Crippen molar-refractivity contribution in [2.45, 2.75) is 25.3 Å². The maximum absolute atomic E-state index is 6.45. The molecule has 0 bridgehead atoms. The zero-order valence-electron chi connectivity index (χ0n) is 12.3. The van der Waals surface area contributed by atoms with Crippen LogP contribution in [0.15, 0.2) is 48.5 Å². The van der Waals surface area contributed by atoms with Crippen molar-refractivity contribution in [1.82, 2.24) is 0 Å². The summed E-state index contributed by atoms with van der Waals surface area (Å²) in [5.74, 6) is 1.87. The molecule has 3 nitrogen and oxygen atoms in total. The number of nitrogens with two attached hydrogens (primary N) is 1. The second-order valence-electron chi connectivity index (χ2n) is 5.48. The molecule has 2 N–H and O–H groups in total. The summed E-state index contributed by atoms with van der Waals surface area (Å²) < 4.78 is 11.4. The van der Waals surface area contributed by atoms with Gasteiger partial charge in [0.1, 0.15) is 0 Å². The smallest absolute Gasteiger partial charge is 0.161 e. The lowest BCUT2D eigenvalue weighted by atomic mass is 9.89. The van der Waals surface area contributed by atoms with E-state index in [9.17, 15) is 0 Å². The van der Waals surface area contributed by atoms with Crippen molar-refractivity contribution in [3.63, 3.8) is 0 Å². The maximum atomic E-state index is 6.45.